The van der Waals surface area contributed by atoms with Crippen LogP contribution in [0.25, 0.3) is 0 Å². The molecule has 0 aromatic carbocycles. The first kappa shape index (κ1) is 7.53. The SMILES string of the molecule is Cc1nccnc1C(=O)C=O. The molecular weight excluding hydrogens is 144 g/mol. The monoisotopic (exact) mass is 150 g/mol. The molecule has 0 saturated carbocycles. The molecule has 56 valence electrons. The zero-order chi connectivity index (χ0) is 8.27. The molecule has 1 aromatic heterocycles. The van der Waals surface area contributed by atoms with E-state index in [9.17, 15) is 9.59 Å². The van der Waals surface area contributed by atoms with Gasteiger partial charge in [-0.25, -0.2) is 4.98 Å². The van der Waals surface area contributed by atoms with Crippen molar-refractivity contribution in [1.82, 2.24) is 9.97 Å². The van der Waals surface area contributed by atoms with Crippen LogP contribution in [0.1, 0.15) is 16.2 Å². The highest BCUT2D eigenvalue weighted by molar-refractivity contribution is 6.32. The van der Waals surface area contributed by atoms with Crippen molar-refractivity contribution in [1.29, 1.82) is 0 Å². The highest BCUT2D eigenvalue weighted by atomic mass is 16.2. The topological polar surface area (TPSA) is 59.9 Å². The summed E-state index contributed by atoms with van der Waals surface area (Å²) in [6.45, 7) is 1.63. The predicted octanol–water partition coefficient (Wildman–Crippen LogP) is 0.167. The summed E-state index contributed by atoms with van der Waals surface area (Å²) >= 11 is 0. The lowest BCUT2D eigenvalue weighted by atomic mass is 10.2. The molecule has 0 atom stereocenters. The lowest BCUT2D eigenvalue weighted by Gasteiger charge is -1.94. The van der Waals surface area contributed by atoms with Gasteiger partial charge in [0.1, 0.15) is 5.69 Å². The first-order chi connectivity index (χ1) is 5.25. The number of hydrogen-bond donors (Lipinski definition) is 0. The van der Waals surface area contributed by atoms with E-state index in [-0.39, 0.29) is 12.0 Å². The third-order valence-corrected chi connectivity index (χ3v) is 1.22. The highest BCUT2D eigenvalue weighted by Crippen LogP contribution is 1.97. The Bertz CT molecular complexity index is 296. The second kappa shape index (κ2) is 3.01. The van der Waals surface area contributed by atoms with Gasteiger partial charge in [-0.15, -0.1) is 0 Å². The summed E-state index contributed by atoms with van der Waals surface area (Å²) in [5.74, 6) is -0.629. The molecule has 0 radical (unpaired) electrons. The molecule has 0 aliphatic heterocycles. The number of rotatable bonds is 2. The fraction of sp³-hybridized carbons (Fsp3) is 0.143. The van der Waals surface area contributed by atoms with Crippen molar-refractivity contribution in [2.75, 3.05) is 0 Å². The molecule has 0 fully saturated rings. The number of Topliss-reactive ketones (excluding diaryl/α,β-unsaturated/α-hetero) is 1. The van der Waals surface area contributed by atoms with E-state index in [0.29, 0.717) is 5.69 Å². The molecule has 0 amide bonds. The zero-order valence-corrected chi connectivity index (χ0v) is 5.94. The van der Waals surface area contributed by atoms with Crippen molar-refractivity contribution in [3.05, 3.63) is 23.8 Å². The van der Waals surface area contributed by atoms with Crippen molar-refractivity contribution < 1.29 is 9.59 Å². The molecule has 11 heavy (non-hydrogen) atoms. The molecule has 0 aliphatic carbocycles. The minimum Gasteiger partial charge on any atom is -0.294 e. The summed E-state index contributed by atoms with van der Waals surface area (Å²) in [6, 6.07) is 0. The van der Waals surface area contributed by atoms with E-state index in [4.69, 9.17) is 0 Å². The van der Waals surface area contributed by atoms with Crippen LogP contribution in [0, 0.1) is 6.92 Å². The molecule has 1 aromatic rings. The fourth-order valence-corrected chi connectivity index (χ4v) is 0.705. The van der Waals surface area contributed by atoms with Crippen molar-refractivity contribution in [2.45, 2.75) is 6.92 Å². The number of hydrogen-bond acceptors (Lipinski definition) is 4. The third kappa shape index (κ3) is 1.46. The minimum absolute atomic E-state index is 0.127. The summed E-state index contributed by atoms with van der Waals surface area (Å²) in [5.41, 5.74) is 0.604. The van der Waals surface area contributed by atoms with Gasteiger partial charge in [-0.2, -0.15) is 0 Å². The number of ketones is 1. The first-order valence-corrected chi connectivity index (χ1v) is 3.03. The van der Waals surface area contributed by atoms with Crippen LogP contribution in [0.5, 0.6) is 0 Å². The van der Waals surface area contributed by atoms with Crippen LogP contribution < -0.4 is 0 Å². The predicted molar refractivity (Wildman–Crippen MR) is 37.2 cm³/mol. The molecule has 0 saturated heterocycles. The normalized spacial score (nSPS) is 9.18. The fourth-order valence-electron chi connectivity index (χ4n) is 0.705. The summed E-state index contributed by atoms with van der Waals surface area (Å²) in [5, 5.41) is 0. The standard InChI is InChI=1S/C7H6N2O2/c1-5-7(6(11)4-10)9-3-2-8-5/h2-4H,1H3. The minimum atomic E-state index is -0.629. The van der Waals surface area contributed by atoms with Crippen LogP contribution in [0.15, 0.2) is 12.4 Å². The quantitative estimate of drug-likeness (QED) is 0.342. The van der Waals surface area contributed by atoms with Gasteiger partial charge in [-0.1, -0.05) is 0 Å². The van der Waals surface area contributed by atoms with Crippen LogP contribution >= 0.6 is 0 Å². The maximum absolute atomic E-state index is 10.8. The van der Waals surface area contributed by atoms with Gasteiger partial charge in [0.15, 0.2) is 6.29 Å². The Kier molecular flexibility index (Phi) is 2.06. The first-order valence-electron chi connectivity index (χ1n) is 3.03. The van der Waals surface area contributed by atoms with E-state index >= 15 is 0 Å². The molecule has 0 spiro atoms. The van der Waals surface area contributed by atoms with E-state index in [0.717, 1.165) is 0 Å². The average Bonchev–Trinajstić information content (AvgIpc) is 2.04. The van der Waals surface area contributed by atoms with Gasteiger partial charge >= 0.3 is 0 Å². The van der Waals surface area contributed by atoms with Gasteiger partial charge in [-0.05, 0) is 6.92 Å². The third-order valence-electron chi connectivity index (χ3n) is 1.22. The lowest BCUT2D eigenvalue weighted by molar-refractivity contribution is -0.104. The van der Waals surface area contributed by atoms with E-state index < -0.39 is 5.78 Å². The van der Waals surface area contributed by atoms with Crippen LogP contribution in [0.3, 0.4) is 0 Å². The maximum atomic E-state index is 10.8. The Morgan fingerprint density at radius 2 is 2.09 bits per heavy atom. The summed E-state index contributed by atoms with van der Waals surface area (Å²) < 4.78 is 0. The summed E-state index contributed by atoms with van der Waals surface area (Å²) in [4.78, 5) is 28.3. The number of carbonyl (C=O) groups excluding carboxylic acids is 2. The van der Waals surface area contributed by atoms with Gasteiger partial charge in [0.25, 0.3) is 0 Å². The largest absolute Gasteiger partial charge is 0.294 e. The Balaban J connectivity index is 3.13. The van der Waals surface area contributed by atoms with Crippen molar-refractivity contribution in [2.24, 2.45) is 0 Å². The highest BCUT2D eigenvalue weighted by Gasteiger charge is 2.08. The molecule has 0 aliphatic rings. The van der Waals surface area contributed by atoms with E-state index in [1.807, 2.05) is 0 Å². The van der Waals surface area contributed by atoms with Crippen molar-refractivity contribution >= 4 is 12.1 Å². The molecule has 0 unspecified atom stereocenters. The van der Waals surface area contributed by atoms with Gasteiger partial charge < -0.3 is 0 Å². The smallest absolute Gasteiger partial charge is 0.245 e. The van der Waals surface area contributed by atoms with E-state index in [1.54, 1.807) is 6.92 Å². The Morgan fingerprint density at radius 1 is 1.45 bits per heavy atom. The average molecular weight is 150 g/mol. The van der Waals surface area contributed by atoms with Gasteiger partial charge in [0.05, 0.1) is 5.69 Å². The van der Waals surface area contributed by atoms with Gasteiger partial charge in [-0.3, -0.25) is 14.6 Å². The molecular formula is C7H6N2O2. The second-order valence-corrected chi connectivity index (χ2v) is 1.97. The van der Waals surface area contributed by atoms with Crippen LogP contribution in [0.2, 0.25) is 0 Å². The van der Waals surface area contributed by atoms with Crippen molar-refractivity contribution in [3.8, 4) is 0 Å². The Hall–Kier alpha value is -1.58. The molecule has 0 bridgehead atoms. The summed E-state index contributed by atoms with van der Waals surface area (Å²) in [6.07, 6.45) is 3.08. The molecule has 1 heterocycles. The van der Waals surface area contributed by atoms with E-state index in [1.165, 1.54) is 12.4 Å². The molecule has 1 rings (SSSR count). The molecule has 4 heteroatoms. The zero-order valence-electron chi connectivity index (χ0n) is 5.94. The number of aryl methyl sites for hydroxylation is 1. The van der Waals surface area contributed by atoms with Crippen molar-refractivity contribution in [3.63, 3.8) is 0 Å². The molecule has 4 nitrogen and oxygen atoms in total. The van der Waals surface area contributed by atoms with Gasteiger partial charge in [0, 0.05) is 12.4 Å². The van der Waals surface area contributed by atoms with Crippen LogP contribution in [-0.2, 0) is 4.79 Å². The number of nitrogens with zero attached hydrogens (tertiary/aromatic N) is 2. The van der Waals surface area contributed by atoms with Crippen LogP contribution in [-0.4, -0.2) is 22.0 Å². The second-order valence-electron chi connectivity index (χ2n) is 1.97. The molecule has 0 N–H and O–H groups in total. The van der Waals surface area contributed by atoms with Crippen LogP contribution in [0.4, 0.5) is 0 Å². The van der Waals surface area contributed by atoms with E-state index in [2.05, 4.69) is 9.97 Å². The van der Waals surface area contributed by atoms with Gasteiger partial charge in [0.2, 0.25) is 5.78 Å². The lowest BCUT2D eigenvalue weighted by Crippen LogP contribution is -2.06. The Morgan fingerprint density at radius 3 is 2.64 bits per heavy atom. The number of aldehydes is 1. The number of aromatic nitrogens is 2. The summed E-state index contributed by atoms with van der Waals surface area (Å²) in [7, 11) is 0. The maximum Gasteiger partial charge on any atom is 0.245 e. The Labute approximate surface area is 63.3 Å². The number of carbonyl (C=O) groups is 2.